The van der Waals surface area contributed by atoms with Gasteiger partial charge in [0.2, 0.25) is 0 Å². The van der Waals surface area contributed by atoms with E-state index in [9.17, 15) is 5.26 Å². The smallest absolute Gasteiger partial charge is 0.170 e. The van der Waals surface area contributed by atoms with Gasteiger partial charge in [-0.15, -0.1) is 0 Å². The summed E-state index contributed by atoms with van der Waals surface area (Å²) < 4.78 is 6.37. The summed E-state index contributed by atoms with van der Waals surface area (Å²) >= 11 is 0. The molecule has 4 nitrogen and oxygen atoms in total. The average molecular weight is 359 g/mol. The zero-order valence-corrected chi connectivity index (χ0v) is 16.4. The Morgan fingerprint density at radius 3 is 2.56 bits per heavy atom. The molecular formula is C23H25N3O. The summed E-state index contributed by atoms with van der Waals surface area (Å²) in [5.74, 6) is 0. The Morgan fingerprint density at radius 1 is 1.15 bits per heavy atom. The molecule has 1 fully saturated rings. The zero-order chi connectivity index (χ0) is 19.2. The number of nitrogens with zero attached hydrogens (tertiary/aromatic N) is 3. The lowest BCUT2D eigenvalue weighted by Gasteiger charge is -2.39. The van der Waals surface area contributed by atoms with Crippen molar-refractivity contribution in [1.29, 1.82) is 5.26 Å². The quantitative estimate of drug-likeness (QED) is 0.825. The molecular weight excluding hydrogens is 334 g/mol. The first kappa shape index (κ1) is 17.6. The van der Waals surface area contributed by atoms with Crippen molar-refractivity contribution in [2.45, 2.75) is 25.0 Å². The topological polar surface area (TPSA) is 39.5 Å². The van der Waals surface area contributed by atoms with E-state index in [2.05, 4.69) is 72.2 Å². The van der Waals surface area contributed by atoms with Crippen LogP contribution in [0.3, 0.4) is 0 Å². The van der Waals surface area contributed by atoms with Crippen LogP contribution in [0.2, 0.25) is 0 Å². The largest absolute Gasteiger partial charge is 0.378 e. The number of hydrogen-bond acceptors (Lipinski definition) is 4. The molecule has 2 aliphatic rings. The van der Waals surface area contributed by atoms with Crippen molar-refractivity contribution in [3.63, 3.8) is 0 Å². The van der Waals surface area contributed by atoms with Crippen LogP contribution in [0.15, 0.2) is 48.5 Å². The number of hydrogen-bond donors (Lipinski definition) is 0. The molecule has 0 amide bonds. The molecule has 2 heterocycles. The molecule has 1 unspecified atom stereocenters. The van der Waals surface area contributed by atoms with Gasteiger partial charge >= 0.3 is 0 Å². The van der Waals surface area contributed by atoms with Crippen LogP contribution < -0.4 is 9.80 Å². The number of nitriles is 1. The zero-order valence-electron chi connectivity index (χ0n) is 16.4. The normalized spacial score (nSPS) is 22.6. The highest BCUT2D eigenvalue weighted by atomic mass is 16.5. The second-order valence-corrected chi connectivity index (χ2v) is 7.98. The van der Waals surface area contributed by atoms with Crippen LogP contribution in [0.5, 0.6) is 0 Å². The van der Waals surface area contributed by atoms with Gasteiger partial charge in [-0.2, -0.15) is 5.26 Å². The van der Waals surface area contributed by atoms with Crippen LogP contribution in [0.4, 0.5) is 11.4 Å². The highest BCUT2D eigenvalue weighted by Crippen LogP contribution is 2.55. The molecule has 0 radical (unpaired) electrons. The number of rotatable bonds is 3. The van der Waals surface area contributed by atoms with Crippen LogP contribution in [0.1, 0.15) is 30.5 Å². The van der Waals surface area contributed by atoms with E-state index in [-0.39, 0.29) is 5.41 Å². The molecule has 0 spiro atoms. The van der Waals surface area contributed by atoms with Crippen molar-refractivity contribution in [3.8, 4) is 6.07 Å². The van der Waals surface area contributed by atoms with Gasteiger partial charge in [0.15, 0.2) is 5.72 Å². The Balaban J connectivity index is 1.74. The van der Waals surface area contributed by atoms with Gasteiger partial charge in [-0.1, -0.05) is 32.1 Å². The van der Waals surface area contributed by atoms with E-state index in [4.69, 9.17) is 4.74 Å². The summed E-state index contributed by atoms with van der Waals surface area (Å²) in [6.07, 6.45) is 4.34. The Bertz CT molecular complexity index is 937. The Morgan fingerprint density at radius 2 is 1.89 bits per heavy atom. The van der Waals surface area contributed by atoms with Gasteiger partial charge in [0.05, 0.1) is 18.2 Å². The lowest BCUT2D eigenvalue weighted by molar-refractivity contribution is 0.000334. The van der Waals surface area contributed by atoms with E-state index in [1.165, 1.54) is 16.9 Å². The van der Waals surface area contributed by atoms with Crippen molar-refractivity contribution in [2.24, 2.45) is 0 Å². The first-order chi connectivity index (χ1) is 12.9. The first-order valence-electron chi connectivity index (χ1n) is 9.32. The minimum absolute atomic E-state index is 0.258. The molecule has 0 bridgehead atoms. The van der Waals surface area contributed by atoms with Gasteiger partial charge in [0, 0.05) is 37.4 Å². The van der Waals surface area contributed by atoms with Crippen molar-refractivity contribution >= 4 is 17.5 Å². The van der Waals surface area contributed by atoms with Crippen molar-refractivity contribution in [3.05, 3.63) is 65.2 Å². The number of ether oxygens (including phenoxy) is 1. The minimum Gasteiger partial charge on any atom is -0.378 e. The predicted octanol–water partition coefficient (Wildman–Crippen LogP) is 4.16. The second-order valence-electron chi connectivity index (χ2n) is 7.98. The van der Waals surface area contributed by atoms with Crippen LogP contribution in [0.25, 0.3) is 6.08 Å². The molecule has 4 heteroatoms. The number of benzene rings is 2. The summed E-state index contributed by atoms with van der Waals surface area (Å²) in [5.41, 5.74) is 4.59. The summed E-state index contributed by atoms with van der Waals surface area (Å²) in [5, 5.41) is 9.31. The minimum atomic E-state index is -0.524. The standard InChI is InChI=1S/C23H25N3O/c1-22(2)20-15-18(16-24)7-10-21(20)26-13-14-27-23(22,26)12-11-17-5-8-19(9-6-17)25(3)4/h5-12,15H,13-14H2,1-4H3/b12-11+. The lowest BCUT2D eigenvalue weighted by Crippen LogP contribution is -2.51. The molecule has 0 saturated carbocycles. The third kappa shape index (κ3) is 2.54. The molecule has 27 heavy (non-hydrogen) atoms. The van der Waals surface area contributed by atoms with Crippen LogP contribution in [0, 0.1) is 11.3 Å². The van der Waals surface area contributed by atoms with E-state index in [0.29, 0.717) is 12.2 Å². The number of fused-ring (bicyclic) bond motifs is 3. The molecule has 1 saturated heterocycles. The van der Waals surface area contributed by atoms with Gasteiger partial charge in [0.25, 0.3) is 0 Å². The van der Waals surface area contributed by atoms with Gasteiger partial charge in [-0.3, -0.25) is 0 Å². The van der Waals surface area contributed by atoms with Gasteiger partial charge < -0.3 is 14.5 Å². The average Bonchev–Trinajstić information content (AvgIpc) is 3.17. The summed E-state index contributed by atoms with van der Waals surface area (Å²) in [6, 6.07) is 16.7. The lowest BCUT2D eigenvalue weighted by atomic mass is 9.77. The molecule has 2 aromatic rings. The Kier molecular flexibility index (Phi) is 4.01. The summed E-state index contributed by atoms with van der Waals surface area (Å²) in [7, 11) is 4.09. The van der Waals surface area contributed by atoms with E-state index in [1.807, 2.05) is 26.2 Å². The fraction of sp³-hybridized carbons (Fsp3) is 0.348. The molecule has 1 atom stereocenters. The van der Waals surface area contributed by atoms with E-state index in [0.717, 1.165) is 12.1 Å². The maximum absolute atomic E-state index is 9.31. The SMILES string of the molecule is CN(C)c1ccc(/C=C/C23OCCN2c2ccc(C#N)cc2C3(C)C)cc1. The van der Waals surface area contributed by atoms with Crippen LogP contribution >= 0.6 is 0 Å². The molecule has 0 aliphatic carbocycles. The van der Waals surface area contributed by atoms with Crippen molar-refractivity contribution in [2.75, 3.05) is 37.0 Å². The van der Waals surface area contributed by atoms with E-state index >= 15 is 0 Å². The molecule has 4 rings (SSSR count). The number of anilines is 2. The summed E-state index contributed by atoms with van der Waals surface area (Å²) in [6.45, 7) is 5.97. The first-order valence-corrected chi connectivity index (χ1v) is 9.32. The Labute approximate surface area is 161 Å². The maximum Gasteiger partial charge on any atom is 0.170 e. The molecule has 2 aromatic carbocycles. The van der Waals surface area contributed by atoms with E-state index < -0.39 is 5.72 Å². The Hall–Kier alpha value is -2.77. The molecule has 0 N–H and O–H groups in total. The summed E-state index contributed by atoms with van der Waals surface area (Å²) in [4.78, 5) is 4.44. The maximum atomic E-state index is 9.31. The van der Waals surface area contributed by atoms with Crippen LogP contribution in [-0.4, -0.2) is 33.0 Å². The molecule has 0 aromatic heterocycles. The molecule has 2 aliphatic heterocycles. The fourth-order valence-corrected chi connectivity index (χ4v) is 4.33. The second kappa shape index (κ2) is 6.14. The highest BCUT2D eigenvalue weighted by molar-refractivity contribution is 5.71. The third-order valence-corrected chi connectivity index (χ3v) is 5.93. The predicted molar refractivity (Wildman–Crippen MR) is 110 cm³/mol. The van der Waals surface area contributed by atoms with Gasteiger partial charge in [-0.25, -0.2) is 0 Å². The van der Waals surface area contributed by atoms with Crippen LogP contribution in [-0.2, 0) is 10.2 Å². The highest BCUT2D eigenvalue weighted by Gasteiger charge is 2.59. The van der Waals surface area contributed by atoms with Crippen molar-refractivity contribution < 1.29 is 4.74 Å². The van der Waals surface area contributed by atoms with E-state index in [1.54, 1.807) is 0 Å². The third-order valence-electron chi connectivity index (χ3n) is 5.93. The van der Waals surface area contributed by atoms with Gasteiger partial charge in [0.1, 0.15) is 0 Å². The molecule has 138 valence electrons. The monoisotopic (exact) mass is 359 g/mol. The van der Waals surface area contributed by atoms with Gasteiger partial charge in [-0.05, 0) is 47.5 Å². The fourth-order valence-electron chi connectivity index (χ4n) is 4.33. The van der Waals surface area contributed by atoms with Crippen molar-refractivity contribution in [1.82, 2.24) is 0 Å².